The van der Waals surface area contributed by atoms with Gasteiger partial charge < -0.3 is 10.2 Å². The summed E-state index contributed by atoms with van der Waals surface area (Å²) >= 11 is 0. The van der Waals surface area contributed by atoms with Crippen molar-refractivity contribution in [1.29, 1.82) is 0 Å². The third-order valence-corrected chi connectivity index (χ3v) is 6.49. The first-order valence-corrected chi connectivity index (χ1v) is 13.2. The molecule has 188 valence electrons. The zero-order valence-electron chi connectivity index (χ0n) is 20.2. The van der Waals surface area contributed by atoms with Crippen LogP contribution in [0.15, 0.2) is 24.3 Å². The first kappa shape index (κ1) is 27.5. The van der Waals surface area contributed by atoms with Crippen molar-refractivity contribution in [3.63, 3.8) is 0 Å². The van der Waals surface area contributed by atoms with E-state index in [0.717, 1.165) is 69.4 Å². The Labute approximate surface area is 198 Å². The molecule has 1 amide bonds. The molecule has 1 heterocycles. The van der Waals surface area contributed by atoms with Crippen molar-refractivity contribution in [2.24, 2.45) is 0 Å². The monoisotopic (exact) mass is 468 g/mol. The average molecular weight is 469 g/mol. The van der Waals surface area contributed by atoms with E-state index in [0.29, 0.717) is 6.42 Å². The maximum absolute atomic E-state index is 12.4. The maximum Gasteiger partial charge on any atom is 0.389 e. The minimum absolute atomic E-state index is 0.152. The Hall–Kier alpha value is -1.72. The van der Waals surface area contributed by atoms with E-state index < -0.39 is 12.6 Å². The molecular weight excluding hydrogens is 425 g/mol. The molecule has 33 heavy (non-hydrogen) atoms. The van der Waals surface area contributed by atoms with Crippen LogP contribution in [0.25, 0.3) is 0 Å². The molecule has 0 aromatic heterocycles. The third kappa shape index (κ3) is 12.9. The number of rotatable bonds is 17. The van der Waals surface area contributed by atoms with Gasteiger partial charge in [0, 0.05) is 37.3 Å². The molecule has 3 nitrogen and oxygen atoms in total. The number of hydrogen-bond acceptors (Lipinski definition) is 2. The van der Waals surface area contributed by atoms with Crippen LogP contribution in [0.3, 0.4) is 0 Å². The van der Waals surface area contributed by atoms with Crippen molar-refractivity contribution in [3.8, 4) is 0 Å². The van der Waals surface area contributed by atoms with Gasteiger partial charge in [-0.05, 0) is 49.9 Å². The van der Waals surface area contributed by atoms with Crippen molar-refractivity contribution in [2.45, 2.75) is 109 Å². The third-order valence-electron chi connectivity index (χ3n) is 6.49. The van der Waals surface area contributed by atoms with Crippen molar-refractivity contribution in [3.05, 3.63) is 29.8 Å². The zero-order valence-corrected chi connectivity index (χ0v) is 20.2. The molecule has 0 bridgehead atoms. The number of hydrogen-bond donors (Lipinski definition) is 1. The molecule has 0 spiro atoms. The smallest absolute Gasteiger partial charge is 0.385 e. The van der Waals surface area contributed by atoms with Crippen molar-refractivity contribution < 1.29 is 18.0 Å². The van der Waals surface area contributed by atoms with Crippen LogP contribution in [-0.4, -0.2) is 36.6 Å². The van der Waals surface area contributed by atoms with Gasteiger partial charge in [0.1, 0.15) is 0 Å². The van der Waals surface area contributed by atoms with E-state index in [9.17, 15) is 18.0 Å². The van der Waals surface area contributed by atoms with Gasteiger partial charge in [0.25, 0.3) is 5.91 Å². The van der Waals surface area contributed by atoms with Crippen LogP contribution in [-0.2, 0) is 0 Å². The second kappa shape index (κ2) is 16.0. The highest BCUT2D eigenvalue weighted by Crippen LogP contribution is 2.23. The van der Waals surface area contributed by atoms with E-state index in [1.165, 1.54) is 44.9 Å². The van der Waals surface area contributed by atoms with E-state index in [1.807, 2.05) is 29.2 Å². The van der Waals surface area contributed by atoms with Crippen molar-refractivity contribution in [2.75, 3.05) is 25.0 Å². The summed E-state index contributed by atoms with van der Waals surface area (Å²) in [4.78, 5) is 14.3. The van der Waals surface area contributed by atoms with Crippen LogP contribution in [0.2, 0.25) is 0 Å². The lowest BCUT2D eigenvalue weighted by molar-refractivity contribution is -0.135. The number of alkyl halides is 3. The second-order valence-electron chi connectivity index (χ2n) is 9.46. The van der Waals surface area contributed by atoms with Crippen LogP contribution >= 0.6 is 0 Å². The van der Waals surface area contributed by atoms with Gasteiger partial charge in [-0.25, -0.2) is 0 Å². The fraction of sp³-hybridized carbons (Fsp3) is 0.741. The number of unbranched alkanes of at least 4 members (excludes halogenated alkanes) is 12. The van der Waals surface area contributed by atoms with Crippen molar-refractivity contribution >= 4 is 11.6 Å². The molecule has 1 N–H and O–H groups in total. The van der Waals surface area contributed by atoms with Crippen LogP contribution in [0.4, 0.5) is 18.9 Å². The number of amides is 1. The molecular formula is C27H43F3N2O. The minimum atomic E-state index is -3.99. The van der Waals surface area contributed by atoms with E-state index in [2.05, 4.69) is 5.32 Å². The SMILES string of the molecule is O=C(c1ccc(NCCCCCCCCCCCCCCCC(F)(F)F)cc1)N1CCCC1. The van der Waals surface area contributed by atoms with Gasteiger partial charge >= 0.3 is 6.18 Å². The Morgan fingerprint density at radius 1 is 0.727 bits per heavy atom. The zero-order chi connectivity index (χ0) is 23.8. The highest BCUT2D eigenvalue weighted by atomic mass is 19.4. The summed E-state index contributed by atoms with van der Waals surface area (Å²) in [6, 6.07) is 7.87. The van der Waals surface area contributed by atoms with Gasteiger partial charge in [0.05, 0.1) is 0 Å². The molecule has 2 rings (SSSR count). The number of likely N-dealkylation sites (tertiary alicyclic amines) is 1. The van der Waals surface area contributed by atoms with Crippen LogP contribution in [0.5, 0.6) is 0 Å². The summed E-state index contributed by atoms with van der Waals surface area (Å²) in [5.74, 6) is 0.152. The molecule has 1 aliphatic rings. The normalized spacial score (nSPS) is 14.1. The second-order valence-corrected chi connectivity index (χ2v) is 9.46. The van der Waals surface area contributed by atoms with E-state index >= 15 is 0 Å². The first-order valence-electron chi connectivity index (χ1n) is 13.2. The predicted molar refractivity (Wildman–Crippen MR) is 131 cm³/mol. The summed E-state index contributed by atoms with van der Waals surface area (Å²) < 4.78 is 36.2. The molecule has 0 radical (unpaired) electrons. The lowest BCUT2D eigenvalue weighted by Gasteiger charge is -2.15. The number of halogens is 3. The largest absolute Gasteiger partial charge is 0.389 e. The Balaban J connectivity index is 1.35. The molecule has 1 saturated heterocycles. The fourth-order valence-corrected chi connectivity index (χ4v) is 4.46. The highest BCUT2D eigenvalue weighted by molar-refractivity contribution is 5.94. The number of anilines is 1. The molecule has 0 aliphatic carbocycles. The number of carbonyl (C=O) groups is 1. The fourth-order valence-electron chi connectivity index (χ4n) is 4.46. The Morgan fingerprint density at radius 2 is 1.18 bits per heavy atom. The van der Waals surface area contributed by atoms with Crippen LogP contribution in [0, 0.1) is 0 Å². The Morgan fingerprint density at radius 3 is 1.67 bits per heavy atom. The number of nitrogens with zero attached hydrogens (tertiary/aromatic N) is 1. The van der Waals surface area contributed by atoms with E-state index in [1.54, 1.807) is 0 Å². The average Bonchev–Trinajstić information content (AvgIpc) is 3.33. The molecule has 1 aromatic rings. The van der Waals surface area contributed by atoms with Gasteiger partial charge in [0.2, 0.25) is 0 Å². The molecule has 1 aromatic carbocycles. The summed E-state index contributed by atoms with van der Waals surface area (Å²) in [5.41, 5.74) is 1.86. The van der Waals surface area contributed by atoms with Gasteiger partial charge in [0.15, 0.2) is 0 Å². The Bertz CT molecular complexity index is 640. The minimum Gasteiger partial charge on any atom is -0.385 e. The summed E-state index contributed by atoms with van der Waals surface area (Å²) in [5, 5.41) is 3.45. The van der Waals surface area contributed by atoms with Gasteiger partial charge in [-0.2, -0.15) is 13.2 Å². The number of carbonyl (C=O) groups excluding carboxylic acids is 1. The molecule has 1 fully saturated rings. The van der Waals surface area contributed by atoms with Gasteiger partial charge in [-0.15, -0.1) is 0 Å². The summed E-state index contributed by atoms with van der Waals surface area (Å²) in [7, 11) is 0. The Kier molecular flexibility index (Phi) is 13.3. The van der Waals surface area contributed by atoms with Crippen LogP contribution in [0.1, 0.15) is 113 Å². The summed E-state index contributed by atoms with van der Waals surface area (Å²) in [6.07, 6.45) is 11.7. The predicted octanol–water partition coefficient (Wildman–Crippen LogP) is 8.36. The molecule has 6 heteroatoms. The topological polar surface area (TPSA) is 32.3 Å². The maximum atomic E-state index is 12.4. The number of benzene rings is 1. The lowest BCUT2D eigenvalue weighted by atomic mass is 10.0. The standard InChI is InChI=1S/C27H43F3N2O/c28-27(29,30)20-12-10-8-6-4-2-1-3-5-7-9-11-13-21-31-25-18-16-24(17-19-25)26(33)32-22-14-15-23-32/h16-19,31H,1-15,20-23H2. The molecule has 0 unspecified atom stereocenters. The van der Waals surface area contributed by atoms with E-state index in [4.69, 9.17) is 0 Å². The highest BCUT2D eigenvalue weighted by Gasteiger charge is 2.25. The lowest BCUT2D eigenvalue weighted by Crippen LogP contribution is -2.27. The van der Waals surface area contributed by atoms with Gasteiger partial charge in [-0.3, -0.25) is 4.79 Å². The molecule has 1 aliphatic heterocycles. The summed E-state index contributed by atoms with van der Waals surface area (Å²) in [6.45, 7) is 2.73. The molecule has 0 atom stereocenters. The quantitative estimate of drug-likeness (QED) is 0.233. The number of nitrogens with one attached hydrogen (secondary N) is 1. The van der Waals surface area contributed by atoms with Crippen LogP contribution < -0.4 is 5.32 Å². The van der Waals surface area contributed by atoms with Crippen molar-refractivity contribution in [1.82, 2.24) is 4.90 Å². The van der Waals surface area contributed by atoms with E-state index in [-0.39, 0.29) is 12.3 Å². The van der Waals surface area contributed by atoms with Gasteiger partial charge in [-0.1, -0.05) is 70.6 Å². The molecule has 0 saturated carbocycles. The first-order chi connectivity index (χ1) is 16.0.